The highest BCUT2D eigenvalue weighted by Gasteiger charge is 2.47. The molecular formula is C21H24N2O2S2. The van der Waals surface area contributed by atoms with E-state index in [0.29, 0.717) is 0 Å². The molecule has 0 spiro atoms. The average Bonchev–Trinajstić information content (AvgIpc) is 3.05. The zero-order valence-corrected chi connectivity index (χ0v) is 17.5. The van der Waals surface area contributed by atoms with Gasteiger partial charge in [-0.25, -0.2) is 8.42 Å². The Labute approximate surface area is 165 Å². The second-order valence-corrected chi connectivity index (χ2v) is 10.7. The van der Waals surface area contributed by atoms with Gasteiger partial charge < -0.3 is 4.90 Å². The van der Waals surface area contributed by atoms with Gasteiger partial charge in [-0.1, -0.05) is 59.3 Å². The van der Waals surface area contributed by atoms with Gasteiger partial charge in [0.2, 0.25) is 0 Å². The molecule has 27 heavy (non-hydrogen) atoms. The third-order valence-electron chi connectivity index (χ3n) is 5.17. The highest BCUT2D eigenvalue weighted by atomic mass is 32.2. The number of hydrogen-bond acceptors (Lipinski definition) is 5. The Morgan fingerprint density at radius 1 is 1.07 bits per heavy atom. The SMILES string of the molecule is Cc1cccc(CSC2=NC3CS(=O)(=O)CC3N2c2ccc(C)cc2C)c1. The fourth-order valence-electron chi connectivity index (χ4n) is 3.94. The first-order valence-electron chi connectivity index (χ1n) is 9.15. The highest BCUT2D eigenvalue weighted by Crippen LogP contribution is 2.37. The summed E-state index contributed by atoms with van der Waals surface area (Å²) in [6.07, 6.45) is 0. The Bertz CT molecular complexity index is 1010. The van der Waals surface area contributed by atoms with Crippen molar-refractivity contribution in [2.75, 3.05) is 16.4 Å². The lowest BCUT2D eigenvalue weighted by Crippen LogP contribution is -2.39. The molecule has 2 aliphatic heterocycles. The minimum Gasteiger partial charge on any atom is -0.315 e. The van der Waals surface area contributed by atoms with Crippen molar-refractivity contribution in [1.29, 1.82) is 0 Å². The van der Waals surface area contributed by atoms with E-state index in [9.17, 15) is 8.42 Å². The molecule has 2 aromatic carbocycles. The zero-order chi connectivity index (χ0) is 19.2. The van der Waals surface area contributed by atoms with Gasteiger partial charge in [-0.2, -0.15) is 0 Å². The van der Waals surface area contributed by atoms with Crippen molar-refractivity contribution < 1.29 is 8.42 Å². The number of rotatable bonds is 3. The van der Waals surface area contributed by atoms with E-state index < -0.39 is 9.84 Å². The van der Waals surface area contributed by atoms with Crippen LogP contribution in [0.5, 0.6) is 0 Å². The molecule has 4 nitrogen and oxygen atoms in total. The topological polar surface area (TPSA) is 49.7 Å². The maximum atomic E-state index is 12.2. The van der Waals surface area contributed by atoms with Gasteiger partial charge in [-0.15, -0.1) is 0 Å². The summed E-state index contributed by atoms with van der Waals surface area (Å²) in [4.78, 5) is 7.00. The van der Waals surface area contributed by atoms with Gasteiger partial charge in [-0.05, 0) is 38.0 Å². The molecule has 0 aliphatic carbocycles. The normalized spacial score (nSPS) is 23.4. The van der Waals surface area contributed by atoms with Crippen molar-refractivity contribution in [2.45, 2.75) is 38.6 Å². The highest BCUT2D eigenvalue weighted by molar-refractivity contribution is 8.13. The lowest BCUT2D eigenvalue weighted by atomic mass is 10.1. The molecule has 1 saturated heterocycles. The number of amidine groups is 1. The number of aryl methyl sites for hydroxylation is 3. The maximum absolute atomic E-state index is 12.2. The largest absolute Gasteiger partial charge is 0.315 e. The monoisotopic (exact) mass is 400 g/mol. The number of nitrogens with zero attached hydrogens (tertiary/aromatic N) is 2. The average molecular weight is 401 g/mol. The molecule has 2 unspecified atom stereocenters. The number of sulfone groups is 1. The van der Waals surface area contributed by atoms with Crippen LogP contribution in [0.15, 0.2) is 47.5 Å². The van der Waals surface area contributed by atoms with E-state index in [1.54, 1.807) is 11.8 Å². The minimum atomic E-state index is -3.02. The third kappa shape index (κ3) is 3.78. The summed E-state index contributed by atoms with van der Waals surface area (Å²) in [5, 5.41) is 0.938. The van der Waals surface area contributed by atoms with Crippen molar-refractivity contribution in [3.05, 3.63) is 64.7 Å². The van der Waals surface area contributed by atoms with Crippen molar-refractivity contribution in [3.8, 4) is 0 Å². The molecule has 0 saturated carbocycles. The van der Waals surface area contributed by atoms with Crippen LogP contribution in [0.4, 0.5) is 5.69 Å². The smallest absolute Gasteiger partial charge is 0.164 e. The first-order chi connectivity index (χ1) is 12.8. The van der Waals surface area contributed by atoms with Crippen LogP contribution in [0.2, 0.25) is 0 Å². The summed E-state index contributed by atoms with van der Waals surface area (Å²) in [7, 11) is -3.02. The van der Waals surface area contributed by atoms with E-state index >= 15 is 0 Å². The molecule has 0 radical (unpaired) electrons. The summed E-state index contributed by atoms with van der Waals surface area (Å²) in [6.45, 7) is 6.26. The quantitative estimate of drug-likeness (QED) is 0.784. The van der Waals surface area contributed by atoms with Gasteiger partial charge in [-0.3, -0.25) is 4.99 Å². The van der Waals surface area contributed by atoms with Crippen LogP contribution < -0.4 is 4.90 Å². The molecule has 0 amide bonds. The third-order valence-corrected chi connectivity index (χ3v) is 7.91. The Balaban J connectivity index is 1.65. The number of aliphatic imine (C=N–C) groups is 1. The van der Waals surface area contributed by atoms with Gasteiger partial charge in [0.15, 0.2) is 15.0 Å². The number of thioether (sulfide) groups is 1. The van der Waals surface area contributed by atoms with Crippen LogP contribution in [0.3, 0.4) is 0 Å². The molecule has 142 valence electrons. The van der Waals surface area contributed by atoms with Crippen molar-refractivity contribution >= 4 is 32.5 Å². The Morgan fingerprint density at radius 3 is 2.59 bits per heavy atom. The molecule has 2 aliphatic rings. The number of hydrogen-bond donors (Lipinski definition) is 0. The lowest BCUT2D eigenvalue weighted by molar-refractivity contribution is 0.601. The van der Waals surface area contributed by atoms with E-state index in [0.717, 1.165) is 22.2 Å². The minimum absolute atomic E-state index is 0.0867. The molecule has 2 atom stereocenters. The summed E-state index contributed by atoms with van der Waals surface area (Å²) >= 11 is 1.70. The predicted molar refractivity (Wildman–Crippen MR) is 115 cm³/mol. The fraction of sp³-hybridized carbons (Fsp3) is 0.381. The first-order valence-corrected chi connectivity index (χ1v) is 12.0. The second kappa shape index (κ2) is 6.99. The van der Waals surface area contributed by atoms with Crippen molar-refractivity contribution in [3.63, 3.8) is 0 Å². The van der Waals surface area contributed by atoms with Crippen LogP contribution in [-0.2, 0) is 15.6 Å². The summed E-state index contributed by atoms with van der Waals surface area (Å²) in [5.41, 5.74) is 5.94. The molecule has 0 bridgehead atoms. The Hall–Kier alpha value is -1.79. The standard InChI is InChI=1S/C21H24N2O2S2/c1-14-5-4-6-17(10-14)11-26-21-22-18-12-27(24,25)13-20(18)23(21)19-8-7-15(2)9-16(19)3/h4-10,18,20H,11-13H2,1-3H3. The number of fused-ring (bicyclic) bond motifs is 1. The van der Waals surface area contributed by atoms with Crippen LogP contribution >= 0.6 is 11.8 Å². The molecule has 2 heterocycles. The number of anilines is 1. The van der Waals surface area contributed by atoms with Gasteiger partial charge in [0.05, 0.1) is 23.6 Å². The molecule has 1 fully saturated rings. The van der Waals surface area contributed by atoms with E-state index in [1.165, 1.54) is 16.7 Å². The van der Waals surface area contributed by atoms with Gasteiger partial charge in [0.1, 0.15) is 0 Å². The van der Waals surface area contributed by atoms with Crippen LogP contribution in [0.1, 0.15) is 22.3 Å². The van der Waals surface area contributed by atoms with E-state index in [-0.39, 0.29) is 23.6 Å². The summed E-state index contributed by atoms with van der Waals surface area (Å²) < 4.78 is 24.4. The molecule has 6 heteroatoms. The van der Waals surface area contributed by atoms with Crippen LogP contribution in [-0.4, -0.2) is 37.2 Å². The lowest BCUT2D eigenvalue weighted by Gasteiger charge is -2.28. The van der Waals surface area contributed by atoms with Gasteiger partial charge >= 0.3 is 0 Å². The number of benzene rings is 2. The molecule has 2 aromatic rings. The Morgan fingerprint density at radius 2 is 1.85 bits per heavy atom. The zero-order valence-electron chi connectivity index (χ0n) is 15.8. The fourth-order valence-corrected chi connectivity index (χ4v) is 6.84. The van der Waals surface area contributed by atoms with E-state index in [4.69, 9.17) is 4.99 Å². The van der Waals surface area contributed by atoms with Gasteiger partial charge in [0, 0.05) is 11.4 Å². The molecule has 0 aromatic heterocycles. The summed E-state index contributed by atoms with van der Waals surface area (Å²) in [6, 6.07) is 14.6. The molecule has 0 N–H and O–H groups in total. The van der Waals surface area contributed by atoms with E-state index in [2.05, 4.69) is 68.1 Å². The van der Waals surface area contributed by atoms with E-state index in [1.807, 2.05) is 0 Å². The maximum Gasteiger partial charge on any atom is 0.164 e. The van der Waals surface area contributed by atoms with Crippen LogP contribution in [0.25, 0.3) is 0 Å². The second-order valence-electron chi connectivity index (χ2n) is 7.56. The predicted octanol–water partition coefficient (Wildman–Crippen LogP) is 3.89. The molecule has 4 rings (SSSR count). The van der Waals surface area contributed by atoms with Gasteiger partial charge in [0.25, 0.3) is 0 Å². The van der Waals surface area contributed by atoms with Crippen molar-refractivity contribution in [1.82, 2.24) is 0 Å². The van der Waals surface area contributed by atoms with Crippen molar-refractivity contribution in [2.24, 2.45) is 4.99 Å². The first kappa shape index (κ1) is 18.6. The Kier molecular flexibility index (Phi) is 4.80. The molecular weight excluding hydrogens is 376 g/mol. The van der Waals surface area contributed by atoms with Crippen LogP contribution in [0, 0.1) is 20.8 Å². The summed E-state index contributed by atoms with van der Waals surface area (Å²) in [5.74, 6) is 1.17.